The Balaban J connectivity index is 2.12. The summed E-state index contributed by atoms with van der Waals surface area (Å²) in [6, 6.07) is 7.03. The van der Waals surface area contributed by atoms with Crippen LogP contribution in [0.25, 0.3) is 0 Å². The van der Waals surface area contributed by atoms with Crippen LogP contribution < -0.4 is 11.3 Å². The molecule has 2 unspecified atom stereocenters. The van der Waals surface area contributed by atoms with E-state index >= 15 is 0 Å². The van der Waals surface area contributed by atoms with Crippen LogP contribution in [0.4, 0.5) is 0 Å². The largest absolute Gasteiger partial charge is 0.385 e. The predicted octanol–water partition coefficient (Wildman–Crippen LogP) is 2.35. The van der Waals surface area contributed by atoms with E-state index in [2.05, 4.69) is 30.5 Å². The molecular formula is C15H24N2O. The first kappa shape index (κ1) is 13.5. The van der Waals surface area contributed by atoms with Crippen molar-refractivity contribution >= 4 is 0 Å². The normalized spacial score (nSPS) is 17.5. The Bertz CT molecular complexity index is 392. The summed E-state index contributed by atoms with van der Waals surface area (Å²) >= 11 is 0. The lowest BCUT2D eigenvalue weighted by molar-refractivity contribution is 0.170. The minimum Gasteiger partial charge on any atom is -0.385 e. The second-order valence-electron chi connectivity index (χ2n) is 5.28. The van der Waals surface area contributed by atoms with Crippen LogP contribution in [0.2, 0.25) is 0 Å². The summed E-state index contributed by atoms with van der Waals surface area (Å²) in [5, 5.41) is 0. The molecule has 3 nitrogen and oxygen atoms in total. The Morgan fingerprint density at radius 1 is 1.33 bits per heavy atom. The summed E-state index contributed by atoms with van der Waals surface area (Å²) in [4.78, 5) is 0. The molecule has 0 heterocycles. The van der Waals surface area contributed by atoms with Crippen molar-refractivity contribution in [3.63, 3.8) is 0 Å². The molecule has 2 atom stereocenters. The fourth-order valence-corrected chi connectivity index (χ4v) is 2.84. The van der Waals surface area contributed by atoms with Gasteiger partial charge in [-0.25, -0.2) is 0 Å². The molecule has 0 saturated carbocycles. The van der Waals surface area contributed by atoms with Gasteiger partial charge in [-0.15, -0.1) is 0 Å². The van der Waals surface area contributed by atoms with Crippen molar-refractivity contribution in [3.05, 3.63) is 34.9 Å². The van der Waals surface area contributed by atoms with Crippen LogP contribution in [-0.2, 0) is 17.6 Å². The molecular weight excluding hydrogens is 224 g/mol. The topological polar surface area (TPSA) is 47.3 Å². The maximum absolute atomic E-state index is 5.73. The Hall–Kier alpha value is -0.900. The van der Waals surface area contributed by atoms with Gasteiger partial charge in [-0.2, -0.15) is 0 Å². The molecule has 0 amide bonds. The summed E-state index contributed by atoms with van der Waals surface area (Å²) in [5.74, 6) is 6.20. The van der Waals surface area contributed by atoms with E-state index in [-0.39, 0.29) is 6.04 Å². The van der Waals surface area contributed by atoms with Crippen molar-refractivity contribution in [2.75, 3.05) is 13.7 Å². The van der Waals surface area contributed by atoms with Gasteiger partial charge in [-0.1, -0.05) is 25.1 Å². The number of rotatable bonds is 6. The zero-order valence-corrected chi connectivity index (χ0v) is 11.4. The second kappa shape index (κ2) is 6.32. The molecule has 3 N–H and O–H groups in total. The minimum atomic E-state index is 0.214. The predicted molar refractivity (Wildman–Crippen MR) is 74.2 cm³/mol. The smallest absolute Gasteiger partial charge is 0.0486 e. The molecule has 0 radical (unpaired) electrons. The second-order valence-corrected chi connectivity index (χ2v) is 5.28. The molecule has 1 aromatic rings. The minimum absolute atomic E-state index is 0.214. The molecule has 1 aliphatic carbocycles. The van der Waals surface area contributed by atoms with Crippen LogP contribution in [0.3, 0.4) is 0 Å². The zero-order chi connectivity index (χ0) is 13.0. The van der Waals surface area contributed by atoms with E-state index in [9.17, 15) is 0 Å². The number of hydrazine groups is 1. The lowest BCUT2D eigenvalue weighted by Crippen LogP contribution is -2.33. The number of aryl methyl sites for hydroxylation is 2. The Kier molecular flexibility index (Phi) is 4.75. The first-order valence-corrected chi connectivity index (χ1v) is 6.83. The number of hydrogen-bond donors (Lipinski definition) is 2. The van der Waals surface area contributed by atoms with Crippen LogP contribution in [0.1, 0.15) is 42.5 Å². The van der Waals surface area contributed by atoms with Crippen molar-refractivity contribution in [1.82, 2.24) is 5.43 Å². The molecule has 0 bridgehead atoms. The van der Waals surface area contributed by atoms with E-state index in [1.165, 1.54) is 36.0 Å². The number of nitrogens with one attached hydrogen (secondary N) is 1. The van der Waals surface area contributed by atoms with Gasteiger partial charge in [-0.3, -0.25) is 11.3 Å². The van der Waals surface area contributed by atoms with Crippen molar-refractivity contribution in [2.24, 2.45) is 11.8 Å². The molecule has 0 saturated heterocycles. The number of nitrogens with two attached hydrogens (primary N) is 1. The quantitative estimate of drug-likeness (QED) is 0.600. The van der Waals surface area contributed by atoms with E-state index in [1.807, 2.05) is 0 Å². The van der Waals surface area contributed by atoms with Gasteiger partial charge >= 0.3 is 0 Å². The first-order valence-electron chi connectivity index (χ1n) is 6.83. The summed E-state index contributed by atoms with van der Waals surface area (Å²) < 4.78 is 5.15. The maximum Gasteiger partial charge on any atom is 0.0486 e. The SMILES string of the molecule is COCCC(C)C(NN)c1ccc2c(c1)CCC2. The van der Waals surface area contributed by atoms with Gasteiger partial charge in [0.15, 0.2) is 0 Å². The molecule has 3 heteroatoms. The van der Waals surface area contributed by atoms with Gasteiger partial charge in [0, 0.05) is 19.8 Å². The molecule has 0 aliphatic heterocycles. The van der Waals surface area contributed by atoms with E-state index in [0.29, 0.717) is 5.92 Å². The highest BCUT2D eigenvalue weighted by Gasteiger charge is 2.20. The number of hydrogen-bond acceptors (Lipinski definition) is 3. The van der Waals surface area contributed by atoms with Gasteiger partial charge in [0.25, 0.3) is 0 Å². The standard InChI is InChI=1S/C15H24N2O/c1-11(8-9-18-2)15(17-16)14-7-6-12-4-3-5-13(12)10-14/h6-7,10-11,15,17H,3-5,8-9,16H2,1-2H3. The van der Waals surface area contributed by atoms with E-state index in [0.717, 1.165) is 13.0 Å². The summed E-state index contributed by atoms with van der Waals surface area (Å²) in [7, 11) is 1.74. The third-order valence-electron chi connectivity index (χ3n) is 4.01. The van der Waals surface area contributed by atoms with Crippen molar-refractivity contribution in [3.8, 4) is 0 Å². The fraction of sp³-hybridized carbons (Fsp3) is 0.600. The average Bonchev–Trinajstić information content (AvgIpc) is 2.84. The van der Waals surface area contributed by atoms with Gasteiger partial charge in [0.05, 0.1) is 0 Å². The van der Waals surface area contributed by atoms with Gasteiger partial charge in [-0.05, 0) is 48.3 Å². The van der Waals surface area contributed by atoms with E-state index in [4.69, 9.17) is 10.6 Å². The number of methoxy groups -OCH3 is 1. The zero-order valence-electron chi connectivity index (χ0n) is 11.4. The first-order chi connectivity index (χ1) is 8.76. The molecule has 0 fully saturated rings. The van der Waals surface area contributed by atoms with Crippen LogP contribution in [0.15, 0.2) is 18.2 Å². The molecule has 2 rings (SSSR count). The Morgan fingerprint density at radius 3 is 2.83 bits per heavy atom. The number of fused-ring (bicyclic) bond motifs is 1. The average molecular weight is 248 g/mol. The molecule has 1 aliphatic rings. The maximum atomic E-state index is 5.73. The highest BCUT2D eigenvalue weighted by molar-refractivity contribution is 5.36. The van der Waals surface area contributed by atoms with Gasteiger partial charge in [0.1, 0.15) is 0 Å². The highest BCUT2D eigenvalue weighted by atomic mass is 16.5. The highest BCUT2D eigenvalue weighted by Crippen LogP contribution is 2.29. The van der Waals surface area contributed by atoms with Crippen molar-refractivity contribution in [1.29, 1.82) is 0 Å². The molecule has 0 spiro atoms. The monoisotopic (exact) mass is 248 g/mol. The fourth-order valence-electron chi connectivity index (χ4n) is 2.84. The number of benzene rings is 1. The van der Waals surface area contributed by atoms with E-state index in [1.54, 1.807) is 7.11 Å². The van der Waals surface area contributed by atoms with Crippen molar-refractivity contribution < 1.29 is 4.74 Å². The van der Waals surface area contributed by atoms with Gasteiger partial charge in [0.2, 0.25) is 0 Å². The summed E-state index contributed by atoms with van der Waals surface area (Å²) in [5.41, 5.74) is 7.29. The van der Waals surface area contributed by atoms with Crippen LogP contribution in [-0.4, -0.2) is 13.7 Å². The van der Waals surface area contributed by atoms with Gasteiger partial charge < -0.3 is 4.74 Å². The van der Waals surface area contributed by atoms with Crippen LogP contribution in [0.5, 0.6) is 0 Å². The Labute approximate surface area is 110 Å². The third kappa shape index (κ3) is 2.91. The lowest BCUT2D eigenvalue weighted by atomic mass is 9.91. The van der Waals surface area contributed by atoms with Crippen LogP contribution >= 0.6 is 0 Å². The molecule has 0 aromatic heterocycles. The summed E-state index contributed by atoms with van der Waals surface area (Å²) in [6.45, 7) is 3.00. The van der Waals surface area contributed by atoms with E-state index < -0.39 is 0 Å². The Morgan fingerprint density at radius 2 is 2.11 bits per heavy atom. The molecule has 18 heavy (non-hydrogen) atoms. The lowest BCUT2D eigenvalue weighted by Gasteiger charge is -2.24. The molecule has 1 aromatic carbocycles. The summed E-state index contributed by atoms with van der Waals surface area (Å²) in [6.07, 6.45) is 4.75. The molecule has 100 valence electrons. The van der Waals surface area contributed by atoms with Crippen molar-refractivity contribution in [2.45, 2.75) is 38.6 Å². The third-order valence-corrected chi connectivity index (χ3v) is 4.01. The van der Waals surface area contributed by atoms with Crippen LogP contribution in [0, 0.1) is 5.92 Å². The number of ether oxygens (including phenoxy) is 1.